The van der Waals surface area contributed by atoms with Crippen LogP contribution in [0.25, 0.3) is 0 Å². The molecule has 0 amide bonds. The molecule has 0 fully saturated rings. The van der Waals surface area contributed by atoms with Gasteiger partial charge in [-0.25, -0.2) is 0 Å². The number of hydrogen-bond acceptors (Lipinski definition) is 2. The molecule has 0 saturated heterocycles. The van der Waals surface area contributed by atoms with E-state index in [4.69, 9.17) is 0 Å². The van der Waals surface area contributed by atoms with Gasteiger partial charge < -0.3 is 10.2 Å². The van der Waals surface area contributed by atoms with Crippen LogP contribution in [0.5, 0.6) is 0 Å². The quantitative estimate of drug-likeness (QED) is 0.897. The number of aryl methyl sites for hydroxylation is 2. The lowest BCUT2D eigenvalue weighted by Crippen LogP contribution is -2.45. The van der Waals surface area contributed by atoms with Crippen molar-refractivity contribution < 1.29 is 10.2 Å². The van der Waals surface area contributed by atoms with E-state index in [-0.39, 0.29) is 0 Å². The van der Waals surface area contributed by atoms with Gasteiger partial charge in [0.2, 0.25) is 0 Å². The summed E-state index contributed by atoms with van der Waals surface area (Å²) in [7, 11) is 0. The van der Waals surface area contributed by atoms with Crippen LogP contribution in [-0.2, 0) is 11.2 Å². The fraction of sp³-hybridized carbons (Fsp3) is 0.333. The summed E-state index contributed by atoms with van der Waals surface area (Å²) in [6, 6.07) is 15.2. The molecule has 0 aliphatic heterocycles. The molecule has 0 saturated carbocycles. The summed E-state index contributed by atoms with van der Waals surface area (Å²) >= 11 is 0. The maximum absolute atomic E-state index is 10.9. The summed E-state index contributed by atoms with van der Waals surface area (Å²) in [6.07, 6.45) is 0. The third-order valence-electron chi connectivity index (χ3n) is 4.18. The highest BCUT2D eigenvalue weighted by Crippen LogP contribution is 2.40. The summed E-state index contributed by atoms with van der Waals surface area (Å²) in [6.45, 7) is 7.29. The summed E-state index contributed by atoms with van der Waals surface area (Å²) < 4.78 is 0. The molecule has 0 aliphatic rings. The normalized spacial score (nSPS) is 17.3. The van der Waals surface area contributed by atoms with Crippen LogP contribution < -0.4 is 0 Å². The van der Waals surface area contributed by atoms with Crippen LogP contribution >= 0.6 is 0 Å². The van der Waals surface area contributed by atoms with Gasteiger partial charge in [0.1, 0.15) is 11.2 Å². The van der Waals surface area contributed by atoms with E-state index in [0.29, 0.717) is 11.1 Å². The second-order valence-corrected chi connectivity index (χ2v) is 5.88. The first-order valence-electron chi connectivity index (χ1n) is 6.84. The molecular formula is C18H22O2. The van der Waals surface area contributed by atoms with Gasteiger partial charge >= 0.3 is 0 Å². The summed E-state index contributed by atoms with van der Waals surface area (Å²) in [5, 5.41) is 21.8. The monoisotopic (exact) mass is 270 g/mol. The molecule has 0 heterocycles. The fourth-order valence-electron chi connectivity index (χ4n) is 2.32. The SMILES string of the molecule is Cc1ccc([C@](C)(O)[C@@](C)(O)c2ccc(C)cc2)cc1. The summed E-state index contributed by atoms with van der Waals surface area (Å²) in [5.74, 6) is 0. The molecule has 0 unspecified atom stereocenters. The van der Waals surface area contributed by atoms with E-state index in [1.54, 1.807) is 13.8 Å². The zero-order valence-corrected chi connectivity index (χ0v) is 12.5. The van der Waals surface area contributed by atoms with E-state index in [0.717, 1.165) is 11.1 Å². The van der Waals surface area contributed by atoms with Crippen molar-refractivity contribution in [1.29, 1.82) is 0 Å². The predicted octanol–water partition coefficient (Wildman–Crippen LogP) is 3.42. The van der Waals surface area contributed by atoms with Crippen molar-refractivity contribution >= 4 is 0 Å². The third kappa shape index (κ3) is 2.49. The number of rotatable bonds is 3. The first-order valence-corrected chi connectivity index (χ1v) is 6.84. The van der Waals surface area contributed by atoms with Crippen molar-refractivity contribution in [1.82, 2.24) is 0 Å². The van der Waals surface area contributed by atoms with Crippen molar-refractivity contribution in [3.63, 3.8) is 0 Å². The largest absolute Gasteiger partial charge is 0.382 e. The fourth-order valence-corrected chi connectivity index (χ4v) is 2.32. The number of hydrogen-bond donors (Lipinski definition) is 2. The lowest BCUT2D eigenvalue weighted by atomic mass is 9.75. The van der Waals surface area contributed by atoms with Crippen molar-refractivity contribution in [2.24, 2.45) is 0 Å². The van der Waals surface area contributed by atoms with Crippen molar-refractivity contribution in [3.8, 4) is 0 Å². The highest BCUT2D eigenvalue weighted by Gasteiger charge is 2.44. The summed E-state index contributed by atoms with van der Waals surface area (Å²) in [5.41, 5.74) is 0.924. The van der Waals surface area contributed by atoms with Gasteiger partial charge in [-0.15, -0.1) is 0 Å². The molecule has 0 spiro atoms. The van der Waals surface area contributed by atoms with Crippen LogP contribution in [0.2, 0.25) is 0 Å². The third-order valence-corrected chi connectivity index (χ3v) is 4.18. The molecule has 2 aromatic carbocycles. The minimum absolute atomic E-state index is 0.702. The Bertz CT molecular complexity index is 522. The molecule has 2 atom stereocenters. The van der Waals surface area contributed by atoms with Crippen LogP contribution in [0.4, 0.5) is 0 Å². The Hall–Kier alpha value is -1.64. The van der Waals surface area contributed by atoms with E-state index in [1.165, 1.54) is 0 Å². The van der Waals surface area contributed by atoms with Crippen molar-refractivity contribution in [2.45, 2.75) is 38.9 Å². The van der Waals surface area contributed by atoms with Gasteiger partial charge in [-0.1, -0.05) is 59.7 Å². The van der Waals surface area contributed by atoms with Gasteiger partial charge in [-0.05, 0) is 38.8 Å². The van der Waals surface area contributed by atoms with Gasteiger partial charge in [-0.2, -0.15) is 0 Å². The Morgan fingerprint density at radius 3 is 1.10 bits per heavy atom. The molecule has 106 valence electrons. The van der Waals surface area contributed by atoms with E-state index in [1.807, 2.05) is 62.4 Å². The van der Waals surface area contributed by atoms with Crippen LogP contribution in [0, 0.1) is 13.8 Å². The van der Waals surface area contributed by atoms with Crippen LogP contribution in [0.1, 0.15) is 36.1 Å². The number of aliphatic hydroxyl groups is 2. The average molecular weight is 270 g/mol. The molecule has 0 radical (unpaired) electrons. The molecule has 0 bridgehead atoms. The molecule has 2 rings (SSSR count). The lowest BCUT2D eigenvalue weighted by molar-refractivity contribution is -0.143. The van der Waals surface area contributed by atoms with Gasteiger partial charge in [0.05, 0.1) is 0 Å². The number of benzene rings is 2. The topological polar surface area (TPSA) is 40.5 Å². The van der Waals surface area contributed by atoms with Crippen molar-refractivity contribution in [3.05, 3.63) is 70.8 Å². The van der Waals surface area contributed by atoms with Crippen LogP contribution in [0.15, 0.2) is 48.5 Å². The van der Waals surface area contributed by atoms with Crippen molar-refractivity contribution in [2.75, 3.05) is 0 Å². The maximum Gasteiger partial charge on any atom is 0.119 e. The first-order chi connectivity index (χ1) is 9.25. The average Bonchev–Trinajstić information content (AvgIpc) is 2.39. The van der Waals surface area contributed by atoms with E-state index < -0.39 is 11.2 Å². The molecule has 2 nitrogen and oxygen atoms in total. The van der Waals surface area contributed by atoms with Crippen LogP contribution in [-0.4, -0.2) is 10.2 Å². The highest BCUT2D eigenvalue weighted by molar-refractivity contribution is 5.35. The second kappa shape index (κ2) is 5.04. The van der Waals surface area contributed by atoms with Crippen LogP contribution in [0.3, 0.4) is 0 Å². The van der Waals surface area contributed by atoms with E-state index >= 15 is 0 Å². The molecular weight excluding hydrogens is 248 g/mol. The van der Waals surface area contributed by atoms with Gasteiger partial charge in [0, 0.05) is 0 Å². The molecule has 2 heteroatoms. The van der Waals surface area contributed by atoms with Gasteiger partial charge in [0.25, 0.3) is 0 Å². The minimum atomic E-state index is -1.37. The Labute approximate surface area is 120 Å². The highest BCUT2D eigenvalue weighted by atomic mass is 16.4. The molecule has 0 aliphatic carbocycles. The van der Waals surface area contributed by atoms with E-state index in [9.17, 15) is 10.2 Å². The minimum Gasteiger partial charge on any atom is -0.382 e. The first kappa shape index (κ1) is 14.8. The standard InChI is InChI=1S/C18H22O2/c1-13-5-9-15(10-6-13)17(3,19)18(4,20)16-11-7-14(2)8-12-16/h5-12,19-20H,1-4H3/t17-,18-/m0/s1. The smallest absolute Gasteiger partial charge is 0.119 e. The van der Waals surface area contributed by atoms with Gasteiger partial charge in [0.15, 0.2) is 0 Å². The Morgan fingerprint density at radius 1 is 0.600 bits per heavy atom. The predicted molar refractivity (Wildman–Crippen MR) is 81.5 cm³/mol. The molecule has 2 N–H and O–H groups in total. The zero-order valence-electron chi connectivity index (χ0n) is 12.5. The zero-order chi connectivity index (χ0) is 15.0. The molecule has 2 aromatic rings. The molecule has 0 aromatic heterocycles. The Kier molecular flexibility index (Phi) is 3.72. The second-order valence-electron chi connectivity index (χ2n) is 5.88. The maximum atomic E-state index is 10.9. The Balaban J connectivity index is 2.45. The Morgan fingerprint density at radius 2 is 0.850 bits per heavy atom. The van der Waals surface area contributed by atoms with Gasteiger partial charge in [-0.3, -0.25) is 0 Å². The lowest BCUT2D eigenvalue weighted by Gasteiger charge is -2.39. The summed E-state index contributed by atoms with van der Waals surface area (Å²) in [4.78, 5) is 0. The van der Waals surface area contributed by atoms with E-state index in [2.05, 4.69) is 0 Å². The molecule has 20 heavy (non-hydrogen) atoms.